The molecule has 19 heavy (non-hydrogen) atoms. The lowest BCUT2D eigenvalue weighted by molar-refractivity contribution is -0.113. The first-order valence-corrected chi connectivity index (χ1v) is 6.57. The lowest BCUT2D eigenvalue weighted by Gasteiger charge is -2.33. The molecule has 1 aromatic rings. The van der Waals surface area contributed by atoms with E-state index in [9.17, 15) is 9.59 Å². The Bertz CT molecular complexity index is 503. The van der Waals surface area contributed by atoms with Gasteiger partial charge >= 0.3 is 6.09 Å². The van der Waals surface area contributed by atoms with Crippen LogP contribution in [-0.2, 0) is 16.6 Å². The van der Waals surface area contributed by atoms with Gasteiger partial charge in [0.1, 0.15) is 11.9 Å². The fourth-order valence-electron chi connectivity index (χ4n) is 2.91. The van der Waals surface area contributed by atoms with Gasteiger partial charge in [-0.25, -0.2) is 4.79 Å². The van der Waals surface area contributed by atoms with Crippen molar-refractivity contribution in [3.63, 3.8) is 0 Å². The van der Waals surface area contributed by atoms with Crippen molar-refractivity contribution in [3.8, 4) is 0 Å². The van der Waals surface area contributed by atoms with Crippen molar-refractivity contribution in [1.29, 1.82) is 0 Å². The molecule has 1 saturated heterocycles. The molecule has 0 aromatic carbocycles. The molecule has 3 rings (SSSR count). The van der Waals surface area contributed by atoms with Gasteiger partial charge < -0.3 is 9.53 Å². The van der Waals surface area contributed by atoms with Crippen molar-refractivity contribution >= 4 is 18.2 Å². The summed E-state index contributed by atoms with van der Waals surface area (Å²) in [6, 6.07) is 1.80. The Morgan fingerprint density at radius 2 is 2.21 bits per heavy atom. The summed E-state index contributed by atoms with van der Waals surface area (Å²) in [5.41, 5.74) is -0.423. The maximum Gasteiger partial charge on any atom is 0.416 e. The van der Waals surface area contributed by atoms with E-state index in [4.69, 9.17) is 4.74 Å². The Morgan fingerprint density at radius 3 is 2.79 bits per heavy atom. The molecule has 1 aliphatic carbocycles. The van der Waals surface area contributed by atoms with Crippen LogP contribution >= 0.6 is 0 Å². The van der Waals surface area contributed by atoms with Crippen LogP contribution in [-0.4, -0.2) is 34.3 Å². The molecule has 102 valence electrons. The number of amides is 1. The van der Waals surface area contributed by atoms with Crippen molar-refractivity contribution in [2.75, 3.05) is 11.4 Å². The minimum atomic E-state index is -0.423. The summed E-state index contributed by atoms with van der Waals surface area (Å²) in [4.78, 5) is 24.4. The van der Waals surface area contributed by atoms with Gasteiger partial charge in [-0.15, -0.1) is 0 Å². The average Bonchev–Trinajstić information content (AvgIpc) is 2.95. The second-order valence-electron chi connectivity index (χ2n) is 5.46. The third-order valence-corrected chi connectivity index (χ3v) is 4.08. The molecule has 6 nitrogen and oxygen atoms in total. The van der Waals surface area contributed by atoms with Gasteiger partial charge in [0.05, 0.1) is 6.54 Å². The number of rotatable bonds is 2. The first kappa shape index (κ1) is 12.2. The molecule has 2 heterocycles. The average molecular weight is 263 g/mol. The topological polar surface area (TPSA) is 64.4 Å². The summed E-state index contributed by atoms with van der Waals surface area (Å²) in [7, 11) is 1.82. The molecule has 2 fully saturated rings. The molecule has 1 saturated carbocycles. The predicted molar refractivity (Wildman–Crippen MR) is 67.8 cm³/mol. The van der Waals surface area contributed by atoms with E-state index in [1.165, 1.54) is 0 Å². The fourth-order valence-corrected chi connectivity index (χ4v) is 2.91. The summed E-state index contributed by atoms with van der Waals surface area (Å²) in [5.74, 6) is 0.745. The van der Waals surface area contributed by atoms with Crippen molar-refractivity contribution in [2.45, 2.75) is 31.3 Å². The largest absolute Gasteiger partial charge is 0.441 e. The van der Waals surface area contributed by atoms with E-state index in [-0.39, 0.29) is 12.0 Å². The van der Waals surface area contributed by atoms with Crippen LogP contribution in [0.4, 0.5) is 10.6 Å². The quantitative estimate of drug-likeness (QED) is 0.759. The molecular formula is C13H17N3O3. The third-order valence-electron chi connectivity index (χ3n) is 4.08. The Morgan fingerprint density at radius 1 is 1.47 bits per heavy atom. The van der Waals surface area contributed by atoms with Gasteiger partial charge in [0, 0.05) is 25.2 Å². The second-order valence-corrected chi connectivity index (χ2v) is 5.46. The molecule has 2 aliphatic rings. The van der Waals surface area contributed by atoms with E-state index < -0.39 is 5.60 Å². The number of ether oxygens (including phenoxy) is 1. The molecule has 0 unspecified atom stereocenters. The first-order chi connectivity index (χ1) is 9.12. The first-order valence-electron chi connectivity index (χ1n) is 6.57. The van der Waals surface area contributed by atoms with Gasteiger partial charge in [-0.3, -0.25) is 9.58 Å². The number of aryl methyl sites for hydroxylation is 1. The zero-order chi connectivity index (χ0) is 13.5. The van der Waals surface area contributed by atoms with Crippen molar-refractivity contribution < 1.29 is 14.3 Å². The molecule has 0 atom stereocenters. The summed E-state index contributed by atoms with van der Waals surface area (Å²) in [5, 5.41) is 4.24. The number of aldehydes is 1. The van der Waals surface area contributed by atoms with E-state index in [1.807, 2.05) is 7.05 Å². The number of anilines is 1. The smallest absolute Gasteiger partial charge is 0.416 e. The minimum Gasteiger partial charge on any atom is -0.441 e. The van der Waals surface area contributed by atoms with Gasteiger partial charge in [0.25, 0.3) is 0 Å². The SMILES string of the molecule is Cn1ccc(N2C[C@]3(CC[C@@H](C=O)CC3)OC2=O)n1. The highest BCUT2D eigenvalue weighted by molar-refractivity contribution is 5.89. The highest BCUT2D eigenvalue weighted by Gasteiger charge is 2.48. The number of carbonyl (C=O) groups excluding carboxylic acids is 2. The molecule has 0 radical (unpaired) electrons. The van der Waals surface area contributed by atoms with E-state index in [1.54, 1.807) is 21.8 Å². The van der Waals surface area contributed by atoms with Gasteiger partial charge in [-0.2, -0.15) is 5.10 Å². The van der Waals surface area contributed by atoms with Crippen LogP contribution in [0.2, 0.25) is 0 Å². The van der Waals surface area contributed by atoms with Gasteiger partial charge in [0.2, 0.25) is 0 Å². The Hall–Kier alpha value is -1.85. The Balaban J connectivity index is 1.75. The molecule has 0 bridgehead atoms. The maximum absolute atomic E-state index is 12.0. The number of aromatic nitrogens is 2. The van der Waals surface area contributed by atoms with Crippen LogP contribution < -0.4 is 4.90 Å². The number of hydrogen-bond donors (Lipinski definition) is 0. The van der Waals surface area contributed by atoms with Crippen molar-refractivity contribution in [1.82, 2.24) is 9.78 Å². The second kappa shape index (κ2) is 4.36. The molecule has 1 aromatic heterocycles. The Labute approximate surface area is 111 Å². The molecule has 6 heteroatoms. The number of hydrogen-bond acceptors (Lipinski definition) is 4. The minimum absolute atomic E-state index is 0.119. The lowest BCUT2D eigenvalue weighted by Crippen LogP contribution is -2.38. The molecule has 1 aliphatic heterocycles. The maximum atomic E-state index is 12.0. The number of carbonyl (C=O) groups is 2. The summed E-state index contributed by atoms with van der Waals surface area (Å²) in [6.07, 6.45) is 5.59. The van der Waals surface area contributed by atoms with Crippen LogP contribution in [0, 0.1) is 5.92 Å². The third kappa shape index (κ3) is 2.11. The zero-order valence-corrected chi connectivity index (χ0v) is 10.9. The standard InChI is InChI=1S/C13H17N3O3/c1-15-7-4-11(14-15)16-9-13(19-12(16)18)5-2-10(8-17)3-6-13/h4,7-8,10H,2-3,5-6,9H2,1H3/t10-,13-. The van der Waals surface area contributed by atoms with Crippen LogP contribution in [0.5, 0.6) is 0 Å². The van der Waals surface area contributed by atoms with Crippen LogP contribution in [0.1, 0.15) is 25.7 Å². The van der Waals surface area contributed by atoms with Crippen LogP contribution in [0.15, 0.2) is 12.3 Å². The highest BCUT2D eigenvalue weighted by Crippen LogP contribution is 2.39. The number of nitrogens with zero attached hydrogens (tertiary/aromatic N) is 3. The van der Waals surface area contributed by atoms with E-state index in [2.05, 4.69) is 5.10 Å². The van der Waals surface area contributed by atoms with Gasteiger partial charge in [-0.05, 0) is 25.7 Å². The van der Waals surface area contributed by atoms with Crippen molar-refractivity contribution in [3.05, 3.63) is 12.3 Å². The molecule has 0 N–H and O–H groups in total. The fraction of sp³-hybridized carbons (Fsp3) is 0.615. The summed E-state index contributed by atoms with van der Waals surface area (Å²) in [6.45, 7) is 0.536. The molecule has 1 spiro atoms. The summed E-state index contributed by atoms with van der Waals surface area (Å²) < 4.78 is 7.24. The summed E-state index contributed by atoms with van der Waals surface area (Å²) >= 11 is 0. The normalized spacial score (nSPS) is 30.7. The van der Waals surface area contributed by atoms with E-state index >= 15 is 0 Å². The van der Waals surface area contributed by atoms with Crippen LogP contribution in [0.3, 0.4) is 0 Å². The molecular weight excluding hydrogens is 246 g/mol. The predicted octanol–water partition coefficient (Wildman–Crippen LogP) is 1.50. The van der Waals surface area contributed by atoms with E-state index in [0.29, 0.717) is 12.4 Å². The monoisotopic (exact) mass is 263 g/mol. The van der Waals surface area contributed by atoms with Gasteiger partial charge in [0.15, 0.2) is 5.82 Å². The van der Waals surface area contributed by atoms with E-state index in [0.717, 1.165) is 32.0 Å². The Kier molecular flexibility index (Phi) is 2.80. The van der Waals surface area contributed by atoms with Crippen LogP contribution in [0.25, 0.3) is 0 Å². The van der Waals surface area contributed by atoms with Gasteiger partial charge in [-0.1, -0.05) is 0 Å². The molecule has 1 amide bonds. The lowest BCUT2D eigenvalue weighted by atomic mass is 9.79. The zero-order valence-electron chi connectivity index (χ0n) is 10.9. The highest BCUT2D eigenvalue weighted by atomic mass is 16.6. The van der Waals surface area contributed by atoms with Crippen molar-refractivity contribution in [2.24, 2.45) is 13.0 Å².